The molecule has 0 spiro atoms. The van der Waals surface area contributed by atoms with E-state index in [4.69, 9.17) is 10.2 Å². The van der Waals surface area contributed by atoms with Gasteiger partial charge in [0.1, 0.15) is 17.2 Å². The molecule has 0 radical (unpaired) electrons. The van der Waals surface area contributed by atoms with E-state index in [0.29, 0.717) is 10.2 Å². The van der Waals surface area contributed by atoms with Gasteiger partial charge in [-0.25, -0.2) is 4.39 Å². The van der Waals surface area contributed by atoms with Crippen molar-refractivity contribution in [3.63, 3.8) is 0 Å². The first-order valence-corrected chi connectivity index (χ1v) is 7.53. The zero-order valence-corrected chi connectivity index (χ0v) is 13.4. The number of halogens is 3. The predicted molar refractivity (Wildman–Crippen MR) is 84.0 cm³/mol. The summed E-state index contributed by atoms with van der Waals surface area (Å²) in [6.45, 7) is 0. The second kappa shape index (κ2) is 5.31. The van der Waals surface area contributed by atoms with Gasteiger partial charge in [0.2, 0.25) is 0 Å². The molecule has 0 aliphatic rings. The summed E-state index contributed by atoms with van der Waals surface area (Å²) in [5.41, 5.74) is 7.76. The van der Waals surface area contributed by atoms with E-state index in [1.165, 1.54) is 12.1 Å². The van der Waals surface area contributed by atoms with E-state index in [1.807, 2.05) is 24.3 Å². The van der Waals surface area contributed by atoms with E-state index >= 15 is 0 Å². The molecular formula is C15H10Br2FNO. The molecule has 1 unspecified atom stereocenters. The van der Waals surface area contributed by atoms with Gasteiger partial charge in [0.25, 0.3) is 0 Å². The lowest BCUT2D eigenvalue weighted by molar-refractivity contribution is 0.522. The first-order valence-electron chi connectivity index (χ1n) is 5.95. The summed E-state index contributed by atoms with van der Waals surface area (Å²) >= 11 is 6.78. The predicted octanol–water partition coefficient (Wildman–Crippen LogP) is 5.15. The fraction of sp³-hybridized carbons (Fsp3) is 0.0667. The normalized spacial score (nSPS) is 12.8. The molecule has 0 aliphatic carbocycles. The molecule has 2 nitrogen and oxygen atoms in total. The van der Waals surface area contributed by atoms with Crippen LogP contribution in [-0.2, 0) is 0 Å². The fourth-order valence-electron chi connectivity index (χ4n) is 2.11. The molecule has 20 heavy (non-hydrogen) atoms. The monoisotopic (exact) mass is 397 g/mol. The van der Waals surface area contributed by atoms with Crippen LogP contribution in [0.3, 0.4) is 0 Å². The maximum absolute atomic E-state index is 13.1. The standard InChI is InChI=1S/C15H10Br2FNO/c16-11-3-1-2-8-6-13(20-15(8)11)14(19)10-5-4-9(18)7-12(10)17/h1-7,14H,19H2. The number of hydrogen-bond donors (Lipinski definition) is 1. The Morgan fingerprint density at radius 3 is 2.55 bits per heavy atom. The van der Waals surface area contributed by atoms with E-state index in [2.05, 4.69) is 31.9 Å². The van der Waals surface area contributed by atoms with Crippen molar-refractivity contribution in [2.75, 3.05) is 0 Å². The molecule has 1 aromatic heterocycles. The van der Waals surface area contributed by atoms with Gasteiger partial charge in [-0.2, -0.15) is 0 Å². The van der Waals surface area contributed by atoms with Crippen LogP contribution in [0.15, 0.2) is 55.8 Å². The van der Waals surface area contributed by atoms with Crippen molar-refractivity contribution >= 4 is 42.8 Å². The second-order valence-electron chi connectivity index (χ2n) is 4.45. The lowest BCUT2D eigenvalue weighted by atomic mass is 10.1. The third-order valence-electron chi connectivity index (χ3n) is 3.12. The van der Waals surface area contributed by atoms with Gasteiger partial charge >= 0.3 is 0 Å². The van der Waals surface area contributed by atoms with Crippen LogP contribution in [0.2, 0.25) is 0 Å². The second-order valence-corrected chi connectivity index (χ2v) is 6.16. The van der Waals surface area contributed by atoms with Crippen LogP contribution in [0, 0.1) is 5.82 Å². The van der Waals surface area contributed by atoms with E-state index in [-0.39, 0.29) is 5.82 Å². The number of hydrogen-bond acceptors (Lipinski definition) is 2. The van der Waals surface area contributed by atoms with E-state index in [1.54, 1.807) is 6.07 Å². The number of rotatable bonds is 2. The molecule has 0 saturated heterocycles. The molecule has 2 N–H and O–H groups in total. The molecule has 3 aromatic rings. The molecular weight excluding hydrogens is 389 g/mol. The highest BCUT2D eigenvalue weighted by atomic mass is 79.9. The first-order chi connectivity index (χ1) is 9.56. The van der Waals surface area contributed by atoms with Crippen LogP contribution in [0.1, 0.15) is 17.4 Å². The summed E-state index contributed by atoms with van der Waals surface area (Å²) in [4.78, 5) is 0. The summed E-state index contributed by atoms with van der Waals surface area (Å²) in [5, 5.41) is 0.975. The lowest BCUT2D eigenvalue weighted by Gasteiger charge is -2.11. The van der Waals surface area contributed by atoms with Crippen molar-refractivity contribution in [3.05, 3.63) is 68.6 Å². The van der Waals surface area contributed by atoms with Crippen LogP contribution in [0.5, 0.6) is 0 Å². The molecule has 0 bridgehead atoms. The largest absolute Gasteiger partial charge is 0.458 e. The van der Waals surface area contributed by atoms with Crippen LogP contribution in [-0.4, -0.2) is 0 Å². The fourth-order valence-corrected chi connectivity index (χ4v) is 3.17. The molecule has 5 heteroatoms. The Morgan fingerprint density at radius 1 is 1.05 bits per heavy atom. The quantitative estimate of drug-likeness (QED) is 0.648. The van der Waals surface area contributed by atoms with E-state index in [0.717, 1.165) is 21.0 Å². The van der Waals surface area contributed by atoms with Gasteiger partial charge < -0.3 is 10.2 Å². The summed E-state index contributed by atoms with van der Waals surface area (Å²) in [6, 6.07) is 11.7. The first kappa shape index (κ1) is 13.8. The number of fused-ring (bicyclic) bond motifs is 1. The van der Waals surface area contributed by atoms with Crippen molar-refractivity contribution in [1.82, 2.24) is 0 Å². The summed E-state index contributed by atoms with van der Waals surface area (Å²) in [6.07, 6.45) is 0. The molecule has 0 saturated carbocycles. The van der Waals surface area contributed by atoms with Gasteiger partial charge in [-0.3, -0.25) is 0 Å². The molecule has 2 aromatic carbocycles. The van der Waals surface area contributed by atoms with Gasteiger partial charge in [-0.1, -0.05) is 34.1 Å². The zero-order valence-electron chi connectivity index (χ0n) is 10.2. The Kier molecular flexibility index (Phi) is 3.67. The van der Waals surface area contributed by atoms with Gasteiger partial charge in [-0.15, -0.1) is 0 Å². The number of para-hydroxylation sites is 1. The van der Waals surface area contributed by atoms with Gasteiger partial charge in [0.05, 0.1) is 10.5 Å². The average molecular weight is 399 g/mol. The van der Waals surface area contributed by atoms with Crippen LogP contribution >= 0.6 is 31.9 Å². The minimum atomic E-state index is -0.454. The van der Waals surface area contributed by atoms with Crippen LogP contribution < -0.4 is 5.73 Å². The Balaban J connectivity index is 2.08. The van der Waals surface area contributed by atoms with Crippen LogP contribution in [0.4, 0.5) is 4.39 Å². The van der Waals surface area contributed by atoms with E-state index < -0.39 is 6.04 Å². The highest BCUT2D eigenvalue weighted by Crippen LogP contribution is 2.33. The Bertz CT molecular complexity index is 785. The smallest absolute Gasteiger partial charge is 0.148 e. The minimum absolute atomic E-state index is 0.305. The molecule has 1 atom stereocenters. The van der Waals surface area contributed by atoms with Crippen molar-refractivity contribution in [2.24, 2.45) is 5.73 Å². The van der Waals surface area contributed by atoms with Crippen LogP contribution in [0.25, 0.3) is 11.0 Å². The Labute approximate surface area is 132 Å². The number of benzene rings is 2. The maximum atomic E-state index is 13.1. The Morgan fingerprint density at radius 2 is 1.85 bits per heavy atom. The van der Waals surface area contributed by atoms with Gasteiger partial charge in [-0.05, 0) is 45.8 Å². The van der Waals surface area contributed by atoms with Crippen molar-refractivity contribution in [1.29, 1.82) is 0 Å². The highest BCUT2D eigenvalue weighted by molar-refractivity contribution is 9.11. The summed E-state index contributed by atoms with van der Waals surface area (Å²) < 4.78 is 20.5. The molecule has 0 amide bonds. The third-order valence-corrected chi connectivity index (χ3v) is 4.43. The maximum Gasteiger partial charge on any atom is 0.148 e. The Hall–Kier alpha value is -1.17. The highest BCUT2D eigenvalue weighted by Gasteiger charge is 2.17. The lowest BCUT2D eigenvalue weighted by Crippen LogP contribution is -2.11. The van der Waals surface area contributed by atoms with Gasteiger partial charge in [0, 0.05) is 9.86 Å². The zero-order chi connectivity index (χ0) is 14.3. The third kappa shape index (κ3) is 2.41. The molecule has 102 valence electrons. The molecule has 3 rings (SSSR count). The molecule has 0 fully saturated rings. The van der Waals surface area contributed by atoms with Crippen molar-refractivity contribution < 1.29 is 8.81 Å². The average Bonchev–Trinajstić information content (AvgIpc) is 2.83. The van der Waals surface area contributed by atoms with Crippen molar-refractivity contribution in [3.8, 4) is 0 Å². The number of furan rings is 1. The molecule has 1 heterocycles. The molecule has 0 aliphatic heterocycles. The SMILES string of the molecule is NC(c1cc2cccc(Br)c2o1)c1ccc(F)cc1Br. The number of nitrogens with two attached hydrogens (primary N) is 1. The van der Waals surface area contributed by atoms with E-state index in [9.17, 15) is 4.39 Å². The van der Waals surface area contributed by atoms with Gasteiger partial charge in [0.15, 0.2) is 0 Å². The topological polar surface area (TPSA) is 39.2 Å². The minimum Gasteiger partial charge on any atom is -0.458 e. The van der Waals surface area contributed by atoms with Crippen molar-refractivity contribution in [2.45, 2.75) is 6.04 Å². The summed E-state index contributed by atoms with van der Waals surface area (Å²) in [7, 11) is 0. The summed E-state index contributed by atoms with van der Waals surface area (Å²) in [5.74, 6) is 0.333.